The summed E-state index contributed by atoms with van der Waals surface area (Å²) >= 11 is 26.5. The molecule has 0 aromatic heterocycles. The summed E-state index contributed by atoms with van der Waals surface area (Å²) in [6.45, 7) is 0.869. The van der Waals surface area contributed by atoms with E-state index in [1.807, 2.05) is 24.3 Å². The van der Waals surface area contributed by atoms with E-state index in [2.05, 4.69) is 0 Å². The van der Waals surface area contributed by atoms with Gasteiger partial charge in [0, 0.05) is 11.8 Å². The van der Waals surface area contributed by atoms with E-state index in [9.17, 15) is 0 Å². The fourth-order valence-corrected chi connectivity index (χ4v) is 5.87. The lowest BCUT2D eigenvalue weighted by molar-refractivity contribution is -0.171. The van der Waals surface area contributed by atoms with E-state index in [1.165, 1.54) is 0 Å². The van der Waals surface area contributed by atoms with Gasteiger partial charge >= 0.3 is 0 Å². The summed E-state index contributed by atoms with van der Waals surface area (Å²) < 4.78 is 11.7. The highest BCUT2D eigenvalue weighted by molar-refractivity contribution is 6.52. The number of rotatable bonds is 0. The van der Waals surface area contributed by atoms with E-state index in [1.54, 1.807) is 0 Å². The van der Waals surface area contributed by atoms with Gasteiger partial charge in [-0.15, -0.1) is 23.2 Å². The molecular weight excluding hydrogens is 330 g/mol. The van der Waals surface area contributed by atoms with Crippen molar-refractivity contribution in [3.8, 4) is 0 Å². The van der Waals surface area contributed by atoms with Crippen LogP contribution in [0.5, 0.6) is 0 Å². The van der Waals surface area contributed by atoms with E-state index in [0.29, 0.717) is 23.3 Å². The number of fused-ring (bicyclic) bond motifs is 3. The van der Waals surface area contributed by atoms with Gasteiger partial charge in [0.1, 0.15) is 9.75 Å². The van der Waals surface area contributed by atoms with Crippen molar-refractivity contribution in [3.05, 3.63) is 34.4 Å². The number of ether oxygens (including phenoxy) is 2. The van der Waals surface area contributed by atoms with Gasteiger partial charge < -0.3 is 9.47 Å². The molecule has 0 aromatic carbocycles. The molecule has 0 aromatic rings. The first-order chi connectivity index (χ1) is 9.00. The molecule has 0 radical (unpaired) electrons. The van der Waals surface area contributed by atoms with Crippen LogP contribution in [0.1, 0.15) is 0 Å². The van der Waals surface area contributed by atoms with Crippen LogP contribution in [-0.4, -0.2) is 28.7 Å². The highest BCUT2D eigenvalue weighted by Crippen LogP contribution is 2.75. The Labute approximate surface area is 130 Å². The van der Waals surface area contributed by atoms with Crippen LogP contribution in [0.4, 0.5) is 0 Å². The summed E-state index contributed by atoms with van der Waals surface area (Å²) in [4.78, 5) is -2.12. The zero-order valence-corrected chi connectivity index (χ0v) is 12.7. The number of allylic oxidation sites excluding steroid dienone is 4. The quantitative estimate of drug-likeness (QED) is 0.625. The number of alkyl halides is 2. The molecule has 19 heavy (non-hydrogen) atoms. The number of hydrogen-bond acceptors (Lipinski definition) is 2. The Hall–Kier alpha value is 0.300. The lowest BCUT2D eigenvalue weighted by atomic mass is 9.79. The van der Waals surface area contributed by atoms with E-state index in [4.69, 9.17) is 55.9 Å². The molecule has 4 rings (SSSR count). The summed E-state index contributed by atoms with van der Waals surface area (Å²) in [5, 5.41) is 0.683. The lowest BCUT2D eigenvalue weighted by Gasteiger charge is -2.38. The van der Waals surface area contributed by atoms with Gasteiger partial charge in [0.25, 0.3) is 0 Å². The third-order valence-electron chi connectivity index (χ3n) is 4.54. The SMILES string of the molecule is ClC1=C(Cl)[C@]2(Cl)[C@H]3C=CC=C[C@@H]3[C@@]1(Cl)C21OCCO1. The molecule has 1 saturated carbocycles. The third-order valence-corrected chi connectivity index (χ3v) is 7.18. The van der Waals surface area contributed by atoms with E-state index in [0.717, 1.165) is 0 Å². The largest absolute Gasteiger partial charge is 0.344 e. The molecule has 4 atom stereocenters. The van der Waals surface area contributed by atoms with Gasteiger partial charge in [-0.3, -0.25) is 0 Å². The molecular formula is C13H10Cl4O2. The highest BCUT2D eigenvalue weighted by atomic mass is 35.5. The summed E-state index contributed by atoms with van der Waals surface area (Å²) in [5.74, 6) is -1.37. The molecule has 1 saturated heterocycles. The molecule has 102 valence electrons. The average Bonchev–Trinajstić information content (AvgIpc) is 3.02. The van der Waals surface area contributed by atoms with Gasteiger partial charge in [-0.25, -0.2) is 0 Å². The monoisotopic (exact) mass is 338 g/mol. The highest BCUT2D eigenvalue weighted by Gasteiger charge is 2.85. The van der Waals surface area contributed by atoms with Crippen molar-refractivity contribution in [2.45, 2.75) is 15.5 Å². The first-order valence-corrected chi connectivity index (χ1v) is 7.58. The van der Waals surface area contributed by atoms with Gasteiger partial charge in [-0.1, -0.05) is 47.5 Å². The van der Waals surface area contributed by atoms with Crippen LogP contribution in [0.15, 0.2) is 34.4 Å². The number of hydrogen-bond donors (Lipinski definition) is 0. The minimum absolute atomic E-state index is 0.0928. The first-order valence-electron chi connectivity index (χ1n) is 6.07. The van der Waals surface area contributed by atoms with Crippen molar-refractivity contribution in [1.29, 1.82) is 0 Å². The van der Waals surface area contributed by atoms with Crippen LogP contribution < -0.4 is 0 Å². The van der Waals surface area contributed by atoms with Crippen LogP contribution in [0, 0.1) is 11.8 Å². The summed E-state index contributed by atoms with van der Waals surface area (Å²) in [6.07, 6.45) is 7.88. The van der Waals surface area contributed by atoms with Crippen LogP contribution in [0.2, 0.25) is 0 Å². The van der Waals surface area contributed by atoms with Crippen molar-refractivity contribution in [2.75, 3.05) is 13.2 Å². The molecule has 2 bridgehead atoms. The minimum Gasteiger partial charge on any atom is -0.344 e. The molecule has 1 aliphatic heterocycles. The van der Waals surface area contributed by atoms with Crippen LogP contribution in [-0.2, 0) is 9.47 Å². The topological polar surface area (TPSA) is 18.5 Å². The second kappa shape index (κ2) is 3.73. The zero-order valence-electron chi connectivity index (χ0n) is 9.71. The van der Waals surface area contributed by atoms with Crippen LogP contribution >= 0.6 is 46.4 Å². The molecule has 6 heteroatoms. The molecule has 3 aliphatic carbocycles. The maximum atomic E-state index is 6.87. The Kier molecular flexibility index (Phi) is 2.55. The summed E-state index contributed by atoms with van der Waals surface area (Å²) in [7, 11) is 0. The standard InChI is InChI=1S/C13H10Cl4O2/c14-9-10(15)12(17)8-4-2-1-3-7(8)11(9,16)13(12)18-5-6-19-13/h1-4,7-8H,5-6H2/t7-,8-,11-,12+/m0/s1. The van der Waals surface area contributed by atoms with Crippen molar-refractivity contribution in [3.63, 3.8) is 0 Å². The molecule has 2 fully saturated rings. The predicted octanol–water partition coefficient (Wildman–Crippen LogP) is 3.76. The van der Waals surface area contributed by atoms with E-state index < -0.39 is 15.5 Å². The van der Waals surface area contributed by atoms with Crippen molar-refractivity contribution in [1.82, 2.24) is 0 Å². The van der Waals surface area contributed by atoms with Crippen molar-refractivity contribution >= 4 is 46.4 Å². The Morgan fingerprint density at radius 1 is 0.895 bits per heavy atom. The predicted molar refractivity (Wildman–Crippen MR) is 75.8 cm³/mol. The molecule has 1 spiro atoms. The van der Waals surface area contributed by atoms with Gasteiger partial charge in [-0.2, -0.15) is 0 Å². The van der Waals surface area contributed by atoms with Gasteiger partial charge in [0.2, 0.25) is 5.79 Å². The second-order valence-corrected chi connectivity index (χ2v) is 7.13. The van der Waals surface area contributed by atoms with E-state index in [-0.39, 0.29) is 11.8 Å². The zero-order chi connectivity index (χ0) is 13.5. The van der Waals surface area contributed by atoms with Crippen LogP contribution in [0.3, 0.4) is 0 Å². The average molecular weight is 340 g/mol. The maximum Gasteiger partial charge on any atom is 0.219 e. The summed E-state index contributed by atoms with van der Waals surface area (Å²) in [6, 6.07) is 0. The molecule has 1 heterocycles. The Balaban J connectivity index is 2.03. The van der Waals surface area contributed by atoms with Gasteiger partial charge in [0.05, 0.1) is 23.3 Å². The lowest BCUT2D eigenvalue weighted by Crippen LogP contribution is -2.55. The first kappa shape index (κ1) is 13.0. The normalized spacial score (nSPS) is 49.5. The second-order valence-electron chi connectivity index (χ2n) is 5.19. The molecule has 0 unspecified atom stereocenters. The molecule has 2 nitrogen and oxygen atoms in total. The van der Waals surface area contributed by atoms with Crippen molar-refractivity contribution in [2.24, 2.45) is 11.8 Å². The van der Waals surface area contributed by atoms with Gasteiger partial charge in [-0.05, 0) is 0 Å². The number of halogens is 4. The van der Waals surface area contributed by atoms with Crippen LogP contribution in [0.25, 0.3) is 0 Å². The Morgan fingerprint density at radius 3 is 1.74 bits per heavy atom. The minimum atomic E-state index is -1.19. The fourth-order valence-electron chi connectivity index (χ4n) is 3.80. The third kappa shape index (κ3) is 1.11. The Bertz CT molecular complexity index is 507. The summed E-state index contributed by atoms with van der Waals surface area (Å²) in [5.41, 5.74) is 0. The van der Waals surface area contributed by atoms with E-state index >= 15 is 0 Å². The maximum absolute atomic E-state index is 6.87. The fraction of sp³-hybridized carbons (Fsp3) is 0.538. The molecule has 0 amide bonds. The molecule has 0 N–H and O–H groups in total. The van der Waals surface area contributed by atoms with Gasteiger partial charge in [0.15, 0.2) is 0 Å². The smallest absolute Gasteiger partial charge is 0.219 e. The molecule has 4 aliphatic rings. The Morgan fingerprint density at radius 2 is 1.32 bits per heavy atom. The van der Waals surface area contributed by atoms with Crippen molar-refractivity contribution < 1.29 is 9.47 Å².